The molecule has 0 amide bonds. The van der Waals surface area contributed by atoms with E-state index in [9.17, 15) is 22.8 Å². The van der Waals surface area contributed by atoms with Crippen LogP contribution in [0.4, 0.5) is 13.2 Å². The summed E-state index contributed by atoms with van der Waals surface area (Å²) in [5, 5.41) is 8.93. The second-order valence-corrected chi connectivity index (χ2v) is 5.02. The molecule has 0 saturated carbocycles. The van der Waals surface area contributed by atoms with Crippen LogP contribution in [0.2, 0.25) is 0 Å². The number of rotatable bonds is 5. The number of carboxylic acid groups (broad SMARTS) is 1. The summed E-state index contributed by atoms with van der Waals surface area (Å²) < 4.78 is 43.4. The summed E-state index contributed by atoms with van der Waals surface area (Å²) in [6.07, 6.45) is 3.33. The zero-order valence-electron chi connectivity index (χ0n) is 12.0. The first-order valence-corrected chi connectivity index (χ1v) is 6.78. The van der Waals surface area contributed by atoms with Gasteiger partial charge in [0.15, 0.2) is 5.75 Å². The molecule has 124 valence electrons. The molecule has 1 aliphatic rings. The number of halogens is 3. The second kappa shape index (κ2) is 6.72. The first-order chi connectivity index (χ1) is 10.8. The maximum Gasteiger partial charge on any atom is 0.406 e. The minimum atomic E-state index is -4.62. The van der Waals surface area contributed by atoms with Crippen LogP contribution in [0.5, 0.6) is 5.75 Å². The average molecular weight is 329 g/mol. The molecule has 1 aromatic heterocycles. The molecule has 8 heteroatoms. The summed E-state index contributed by atoms with van der Waals surface area (Å²) in [4.78, 5) is 22.8. The Balaban J connectivity index is 2.27. The van der Waals surface area contributed by atoms with Gasteiger partial charge >= 0.3 is 12.1 Å². The summed E-state index contributed by atoms with van der Waals surface area (Å²) in [6.45, 7) is -1.45. The third-order valence-corrected chi connectivity index (χ3v) is 3.18. The molecular formula is C15H14F3NO4. The highest BCUT2D eigenvalue weighted by Gasteiger charge is 2.30. The number of hydrogen-bond donors (Lipinski definition) is 1. The van der Waals surface area contributed by atoms with Crippen molar-refractivity contribution in [1.82, 2.24) is 4.57 Å². The lowest BCUT2D eigenvalue weighted by molar-refractivity contribution is -0.140. The van der Waals surface area contributed by atoms with Gasteiger partial charge in [-0.1, -0.05) is 18.2 Å². The third-order valence-electron chi connectivity index (χ3n) is 3.18. The molecule has 5 nitrogen and oxygen atoms in total. The molecule has 2 rings (SSSR count). The van der Waals surface area contributed by atoms with Crippen LogP contribution < -0.4 is 10.2 Å². The van der Waals surface area contributed by atoms with Gasteiger partial charge in [0, 0.05) is 6.07 Å². The van der Waals surface area contributed by atoms with Gasteiger partial charge < -0.3 is 14.4 Å². The molecule has 1 aliphatic carbocycles. The normalized spacial score (nSPS) is 14.5. The summed E-state index contributed by atoms with van der Waals surface area (Å²) in [6, 6.07) is 0.637. The van der Waals surface area contributed by atoms with Crippen LogP contribution in [0.1, 0.15) is 23.3 Å². The lowest BCUT2D eigenvalue weighted by atomic mass is 10.1. The number of aromatic nitrogens is 1. The van der Waals surface area contributed by atoms with Gasteiger partial charge in [-0.25, -0.2) is 4.79 Å². The summed E-state index contributed by atoms with van der Waals surface area (Å²) >= 11 is 0. The third kappa shape index (κ3) is 4.73. The SMILES string of the molecule is O=C(O)c1cc(=O)c(OCC2=CC=CCC2)cn1CC(F)(F)F. The topological polar surface area (TPSA) is 68.5 Å². The van der Waals surface area contributed by atoms with Gasteiger partial charge in [0.2, 0.25) is 5.43 Å². The van der Waals surface area contributed by atoms with Crippen molar-refractivity contribution >= 4 is 5.97 Å². The van der Waals surface area contributed by atoms with E-state index in [4.69, 9.17) is 9.84 Å². The monoisotopic (exact) mass is 329 g/mol. The molecular weight excluding hydrogens is 315 g/mol. The van der Waals surface area contributed by atoms with E-state index < -0.39 is 29.8 Å². The Hall–Kier alpha value is -2.51. The van der Waals surface area contributed by atoms with E-state index in [1.165, 1.54) is 0 Å². The Labute approximate surface area is 129 Å². The highest BCUT2D eigenvalue weighted by molar-refractivity contribution is 5.85. The Bertz CT molecular complexity index is 716. The van der Waals surface area contributed by atoms with E-state index in [1.807, 2.05) is 18.2 Å². The Morgan fingerprint density at radius 3 is 2.70 bits per heavy atom. The first-order valence-electron chi connectivity index (χ1n) is 6.78. The van der Waals surface area contributed by atoms with E-state index in [-0.39, 0.29) is 12.4 Å². The number of pyridine rings is 1. The van der Waals surface area contributed by atoms with E-state index in [1.54, 1.807) is 0 Å². The van der Waals surface area contributed by atoms with Crippen molar-refractivity contribution in [3.05, 3.63) is 52.0 Å². The molecule has 0 aromatic carbocycles. The van der Waals surface area contributed by atoms with Crippen molar-refractivity contribution in [1.29, 1.82) is 0 Å². The number of hydrogen-bond acceptors (Lipinski definition) is 3. The highest BCUT2D eigenvalue weighted by Crippen LogP contribution is 2.20. The molecule has 23 heavy (non-hydrogen) atoms. The first kappa shape index (κ1) is 16.9. The van der Waals surface area contributed by atoms with Gasteiger partial charge in [-0.05, 0) is 18.4 Å². The maximum absolute atomic E-state index is 12.5. The minimum absolute atomic E-state index is 0.0675. The standard InChI is InChI=1S/C15H14F3NO4/c16-15(17,18)9-19-7-13(12(20)6-11(19)14(21)22)23-8-10-4-2-1-3-5-10/h1-2,4,6-7H,3,5,8-9H2,(H,21,22). The molecule has 1 aromatic rings. The van der Waals surface area contributed by atoms with E-state index >= 15 is 0 Å². The van der Waals surface area contributed by atoms with Crippen molar-refractivity contribution in [2.75, 3.05) is 6.61 Å². The molecule has 1 heterocycles. The zero-order valence-corrected chi connectivity index (χ0v) is 12.0. The molecule has 0 aliphatic heterocycles. The van der Waals surface area contributed by atoms with Crippen molar-refractivity contribution in [3.63, 3.8) is 0 Å². The lowest BCUT2D eigenvalue weighted by Crippen LogP contribution is -2.25. The second-order valence-electron chi connectivity index (χ2n) is 5.02. The van der Waals surface area contributed by atoms with Gasteiger partial charge in [0.1, 0.15) is 18.8 Å². The summed E-state index contributed by atoms with van der Waals surface area (Å²) in [7, 11) is 0. The van der Waals surface area contributed by atoms with Crippen LogP contribution in [0.3, 0.4) is 0 Å². The van der Waals surface area contributed by atoms with Crippen molar-refractivity contribution in [3.8, 4) is 5.75 Å². The number of ether oxygens (including phenoxy) is 1. The van der Waals surface area contributed by atoms with Crippen LogP contribution >= 0.6 is 0 Å². The van der Waals surface area contributed by atoms with Gasteiger partial charge in [-0.15, -0.1) is 0 Å². The van der Waals surface area contributed by atoms with Gasteiger partial charge in [0.05, 0.1) is 6.20 Å². The fourth-order valence-corrected chi connectivity index (χ4v) is 2.11. The Morgan fingerprint density at radius 1 is 1.39 bits per heavy atom. The predicted molar refractivity (Wildman–Crippen MR) is 75.7 cm³/mol. The van der Waals surface area contributed by atoms with Crippen molar-refractivity contribution in [2.45, 2.75) is 25.6 Å². The molecule has 0 atom stereocenters. The van der Waals surface area contributed by atoms with Crippen LogP contribution in [0, 0.1) is 0 Å². The molecule has 1 N–H and O–H groups in total. The number of nitrogens with zero attached hydrogens (tertiary/aromatic N) is 1. The van der Waals surface area contributed by atoms with Crippen LogP contribution in [-0.4, -0.2) is 28.4 Å². The predicted octanol–water partition coefficient (Wildman–Crippen LogP) is 2.76. The van der Waals surface area contributed by atoms with Crippen LogP contribution in [0.25, 0.3) is 0 Å². The smallest absolute Gasteiger partial charge is 0.406 e. The number of allylic oxidation sites excluding steroid dienone is 3. The molecule has 0 fully saturated rings. The van der Waals surface area contributed by atoms with E-state index in [0.717, 1.165) is 24.6 Å². The molecule has 0 unspecified atom stereocenters. The molecule has 0 saturated heterocycles. The van der Waals surface area contributed by atoms with Gasteiger partial charge in [0.25, 0.3) is 0 Å². The largest absolute Gasteiger partial charge is 0.484 e. The summed E-state index contributed by atoms with van der Waals surface area (Å²) in [5.74, 6) is -1.92. The van der Waals surface area contributed by atoms with Gasteiger partial charge in [-0.2, -0.15) is 13.2 Å². The minimum Gasteiger partial charge on any atom is -0.484 e. The fourth-order valence-electron chi connectivity index (χ4n) is 2.11. The van der Waals surface area contributed by atoms with Crippen LogP contribution in [0.15, 0.2) is 40.9 Å². The van der Waals surface area contributed by atoms with Gasteiger partial charge in [-0.3, -0.25) is 4.79 Å². The van der Waals surface area contributed by atoms with E-state index in [2.05, 4.69) is 0 Å². The molecule has 0 radical (unpaired) electrons. The number of carboxylic acids is 1. The Morgan fingerprint density at radius 2 is 2.13 bits per heavy atom. The lowest BCUT2D eigenvalue weighted by Gasteiger charge is -2.16. The number of carbonyl (C=O) groups is 1. The number of aromatic carboxylic acids is 1. The molecule has 0 spiro atoms. The fraction of sp³-hybridized carbons (Fsp3) is 0.333. The van der Waals surface area contributed by atoms with Crippen molar-refractivity contribution in [2.24, 2.45) is 0 Å². The van der Waals surface area contributed by atoms with E-state index in [0.29, 0.717) is 10.6 Å². The Kier molecular flexibility index (Phi) is 4.92. The van der Waals surface area contributed by atoms with Crippen LogP contribution in [-0.2, 0) is 6.54 Å². The number of alkyl halides is 3. The zero-order chi connectivity index (χ0) is 17.0. The maximum atomic E-state index is 12.5. The average Bonchev–Trinajstić information content (AvgIpc) is 2.46. The highest BCUT2D eigenvalue weighted by atomic mass is 19.4. The molecule has 0 bridgehead atoms. The summed E-state index contributed by atoms with van der Waals surface area (Å²) in [5.41, 5.74) is -0.608. The van der Waals surface area contributed by atoms with Crippen molar-refractivity contribution < 1.29 is 27.8 Å². The quantitative estimate of drug-likeness (QED) is 0.902.